The second-order valence-corrected chi connectivity index (χ2v) is 11.3. The van der Waals surface area contributed by atoms with Crippen molar-refractivity contribution in [2.24, 2.45) is 0 Å². The fraction of sp³-hybridized carbons (Fsp3) is 0.280. The smallest absolute Gasteiger partial charge is 0.420 e. The van der Waals surface area contributed by atoms with Gasteiger partial charge in [0.15, 0.2) is 5.75 Å². The van der Waals surface area contributed by atoms with Crippen molar-refractivity contribution in [1.29, 1.82) is 0 Å². The molecule has 0 bridgehead atoms. The highest BCUT2D eigenvalue weighted by molar-refractivity contribution is 8.25. The molecule has 9 nitrogen and oxygen atoms in total. The van der Waals surface area contributed by atoms with Crippen molar-refractivity contribution in [3.05, 3.63) is 70.4 Å². The zero-order valence-corrected chi connectivity index (χ0v) is 21.5. The first-order valence-electron chi connectivity index (χ1n) is 11.6. The van der Waals surface area contributed by atoms with Crippen LogP contribution in [0.4, 0.5) is 33.7 Å². The predicted molar refractivity (Wildman–Crippen MR) is 139 cm³/mol. The molecule has 1 fully saturated rings. The minimum Gasteiger partial charge on any atom is -0.488 e. The number of rotatable bonds is 7. The lowest BCUT2D eigenvalue weighted by Gasteiger charge is -2.53. The normalized spacial score (nSPS) is 16.5. The van der Waals surface area contributed by atoms with E-state index in [0.717, 1.165) is 12.1 Å². The summed E-state index contributed by atoms with van der Waals surface area (Å²) in [6.45, 7) is 3.43. The molecule has 0 radical (unpaired) electrons. The van der Waals surface area contributed by atoms with Crippen molar-refractivity contribution in [1.82, 2.24) is 4.98 Å². The zero-order chi connectivity index (χ0) is 28.6. The summed E-state index contributed by atoms with van der Waals surface area (Å²) in [4.78, 5) is 26.7. The van der Waals surface area contributed by atoms with Gasteiger partial charge in [0.25, 0.3) is 5.56 Å². The number of pyridine rings is 1. The Kier molecular flexibility index (Phi) is 7.56. The first-order valence-corrected chi connectivity index (χ1v) is 13.4. The van der Waals surface area contributed by atoms with E-state index < -0.39 is 51.1 Å². The van der Waals surface area contributed by atoms with E-state index in [-0.39, 0.29) is 35.2 Å². The van der Waals surface area contributed by atoms with Gasteiger partial charge in [-0.1, -0.05) is 6.07 Å². The standard InChI is InChI=1S/C25H25F4N3O6S/c1-3-37-21-9-15(11-30-22(21)33)14-4-6-19(18(26)8-14)32-23(34)31-16-5-7-20(17(10-16)25(27,28)29)38-24(2)12-39(35,36)13-24/h4-11,35-36H,3,12-13H2,1-2H3,(H,30,33)(H2,31,32,34). The fourth-order valence-corrected chi connectivity index (χ4v) is 6.14. The van der Waals surface area contributed by atoms with Gasteiger partial charge in [0.2, 0.25) is 0 Å². The molecule has 0 unspecified atom stereocenters. The summed E-state index contributed by atoms with van der Waals surface area (Å²) in [5, 5.41) is 4.47. The van der Waals surface area contributed by atoms with Crippen LogP contribution in [-0.4, -0.2) is 43.8 Å². The molecule has 4 rings (SSSR count). The molecule has 1 saturated heterocycles. The van der Waals surface area contributed by atoms with E-state index in [1.54, 1.807) is 6.92 Å². The third-order valence-electron chi connectivity index (χ3n) is 5.69. The highest BCUT2D eigenvalue weighted by Crippen LogP contribution is 2.56. The summed E-state index contributed by atoms with van der Waals surface area (Å²) in [6, 6.07) is 7.16. The monoisotopic (exact) mass is 571 g/mol. The molecule has 1 aromatic heterocycles. The quantitative estimate of drug-likeness (QED) is 0.216. The van der Waals surface area contributed by atoms with Crippen LogP contribution < -0.4 is 25.7 Å². The Hall–Kier alpha value is -3.75. The van der Waals surface area contributed by atoms with Crippen molar-refractivity contribution in [2.75, 3.05) is 28.7 Å². The number of aromatic nitrogens is 1. The predicted octanol–water partition coefficient (Wildman–Crippen LogP) is 6.14. The van der Waals surface area contributed by atoms with Crippen molar-refractivity contribution in [3.63, 3.8) is 0 Å². The molecule has 0 atom stereocenters. The topological polar surface area (TPSA) is 133 Å². The van der Waals surface area contributed by atoms with Crippen molar-refractivity contribution >= 4 is 28.0 Å². The minimum atomic E-state index is -4.84. The number of H-pyrrole nitrogens is 1. The molecule has 39 heavy (non-hydrogen) atoms. The minimum absolute atomic E-state index is 0.0597. The largest absolute Gasteiger partial charge is 0.488 e. The number of hydrogen-bond donors (Lipinski definition) is 5. The van der Waals surface area contributed by atoms with Gasteiger partial charge in [-0.3, -0.25) is 13.9 Å². The Morgan fingerprint density at radius 3 is 2.41 bits per heavy atom. The number of aromatic amines is 1. The Bertz CT molecular complexity index is 1450. The maximum atomic E-state index is 14.7. The first kappa shape index (κ1) is 28.3. The van der Waals surface area contributed by atoms with Crippen LogP contribution in [0.15, 0.2) is 53.5 Å². The summed E-state index contributed by atoms with van der Waals surface area (Å²) in [5.41, 5.74) is -2.43. The lowest BCUT2D eigenvalue weighted by molar-refractivity contribution is -0.139. The van der Waals surface area contributed by atoms with Crippen LogP contribution >= 0.6 is 10.6 Å². The molecule has 2 amide bonds. The van der Waals surface area contributed by atoms with Crippen LogP contribution in [-0.2, 0) is 6.18 Å². The summed E-state index contributed by atoms with van der Waals surface area (Å²) >= 11 is 0. The van der Waals surface area contributed by atoms with E-state index in [4.69, 9.17) is 9.47 Å². The lowest BCUT2D eigenvalue weighted by atomic mass is 10.1. The van der Waals surface area contributed by atoms with Crippen LogP contribution in [0.3, 0.4) is 0 Å². The maximum Gasteiger partial charge on any atom is 0.420 e. The van der Waals surface area contributed by atoms with E-state index in [1.165, 1.54) is 37.4 Å². The number of alkyl halides is 3. The molecular formula is C25H25F4N3O6S. The van der Waals surface area contributed by atoms with Crippen LogP contribution in [0, 0.1) is 5.82 Å². The summed E-state index contributed by atoms with van der Waals surface area (Å²) < 4.78 is 85.7. The van der Waals surface area contributed by atoms with Crippen LogP contribution in [0.5, 0.6) is 11.5 Å². The molecule has 0 spiro atoms. The number of benzene rings is 2. The second-order valence-electron chi connectivity index (χ2n) is 9.14. The Morgan fingerprint density at radius 1 is 1.08 bits per heavy atom. The number of amides is 2. The van der Waals surface area contributed by atoms with E-state index in [2.05, 4.69) is 15.6 Å². The third kappa shape index (κ3) is 6.64. The molecule has 2 aromatic carbocycles. The van der Waals surface area contributed by atoms with Crippen molar-refractivity contribution in [2.45, 2.75) is 25.6 Å². The Morgan fingerprint density at radius 2 is 1.79 bits per heavy atom. The molecular weight excluding hydrogens is 546 g/mol. The average molecular weight is 572 g/mol. The molecule has 5 N–H and O–H groups in total. The second kappa shape index (κ2) is 10.4. The van der Waals surface area contributed by atoms with Crippen LogP contribution in [0.25, 0.3) is 11.1 Å². The molecule has 1 aliphatic heterocycles. The van der Waals surface area contributed by atoms with Gasteiger partial charge in [-0.2, -0.15) is 23.8 Å². The Balaban J connectivity index is 1.48. The van der Waals surface area contributed by atoms with Crippen LogP contribution in [0.1, 0.15) is 19.4 Å². The number of ether oxygens (including phenoxy) is 2. The molecule has 1 aliphatic rings. The maximum absolute atomic E-state index is 14.7. The first-order chi connectivity index (χ1) is 18.2. The molecule has 14 heteroatoms. The molecule has 0 aliphatic carbocycles. The summed E-state index contributed by atoms with van der Waals surface area (Å²) in [5.74, 6) is -1.68. The number of halogens is 4. The molecule has 2 heterocycles. The summed E-state index contributed by atoms with van der Waals surface area (Å²) in [7, 11) is -2.86. The van der Waals surface area contributed by atoms with E-state index in [9.17, 15) is 36.3 Å². The van der Waals surface area contributed by atoms with Gasteiger partial charge in [-0.15, -0.1) is 0 Å². The third-order valence-corrected chi connectivity index (χ3v) is 7.84. The molecule has 210 valence electrons. The van der Waals surface area contributed by atoms with Crippen molar-refractivity contribution < 1.29 is 40.9 Å². The van der Waals surface area contributed by atoms with Gasteiger partial charge >= 0.3 is 12.2 Å². The molecule has 0 saturated carbocycles. The van der Waals surface area contributed by atoms with Gasteiger partial charge in [-0.25, -0.2) is 9.18 Å². The van der Waals surface area contributed by atoms with E-state index in [1.807, 2.05) is 0 Å². The van der Waals surface area contributed by atoms with Gasteiger partial charge in [0.1, 0.15) is 17.2 Å². The van der Waals surface area contributed by atoms with Gasteiger partial charge in [0.05, 0.1) is 29.4 Å². The number of nitrogens with one attached hydrogen (secondary N) is 3. The number of anilines is 2. The number of hydrogen-bond acceptors (Lipinski definition) is 6. The average Bonchev–Trinajstić information content (AvgIpc) is 2.81. The van der Waals surface area contributed by atoms with Gasteiger partial charge in [-0.05, 0) is 55.8 Å². The number of carbonyl (C=O) groups excluding carboxylic acids is 1. The molecule has 3 aromatic rings. The number of carbonyl (C=O) groups is 1. The Labute approximate surface area is 221 Å². The van der Waals surface area contributed by atoms with Crippen LogP contribution in [0.2, 0.25) is 0 Å². The van der Waals surface area contributed by atoms with Crippen molar-refractivity contribution in [3.8, 4) is 22.6 Å². The van der Waals surface area contributed by atoms with E-state index in [0.29, 0.717) is 17.2 Å². The lowest BCUT2D eigenvalue weighted by Crippen LogP contribution is -2.53. The SMILES string of the molecule is CCOc1cc(-c2ccc(NC(=O)Nc3ccc(OC4(C)CS(O)(O)C4)c(C(F)(F)F)c3)c(F)c2)c[nH]c1=O. The highest BCUT2D eigenvalue weighted by Gasteiger charge is 2.48. The zero-order valence-electron chi connectivity index (χ0n) is 20.7. The number of urea groups is 1. The highest BCUT2D eigenvalue weighted by atomic mass is 32.3. The van der Waals surface area contributed by atoms with E-state index >= 15 is 0 Å². The summed E-state index contributed by atoms with van der Waals surface area (Å²) in [6.07, 6.45) is -3.46. The van der Waals surface area contributed by atoms with Gasteiger partial charge in [0, 0.05) is 17.4 Å². The fourth-order valence-electron chi connectivity index (χ4n) is 4.15. The van der Waals surface area contributed by atoms with Gasteiger partial charge < -0.3 is 25.1 Å².